The van der Waals surface area contributed by atoms with Gasteiger partial charge in [0.15, 0.2) is 0 Å². The minimum atomic E-state index is -0.662. The quantitative estimate of drug-likeness (QED) is 0.618. The lowest BCUT2D eigenvalue weighted by Crippen LogP contribution is -2.36. The van der Waals surface area contributed by atoms with E-state index < -0.39 is 11.8 Å². The number of rotatable bonds is 6. The normalized spacial score (nSPS) is 10.2. The van der Waals surface area contributed by atoms with Crippen LogP contribution in [0.4, 0.5) is 11.4 Å². The Bertz CT molecular complexity index is 635. The highest BCUT2D eigenvalue weighted by Gasteiger charge is 2.12. The summed E-state index contributed by atoms with van der Waals surface area (Å²) in [5.74, 6) is -1.29. The molecule has 2 N–H and O–H groups in total. The number of aryl methyl sites for hydroxylation is 1. The van der Waals surface area contributed by atoms with Crippen molar-refractivity contribution in [2.75, 3.05) is 30.9 Å². The molecule has 1 aromatic heterocycles. The Morgan fingerprint density at radius 3 is 2.52 bits per heavy atom. The molecule has 0 spiro atoms. The van der Waals surface area contributed by atoms with Crippen LogP contribution < -0.4 is 15.5 Å². The number of amides is 2. The van der Waals surface area contributed by atoms with Crippen LogP contribution in [0.3, 0.4) is 0 Å². The molecule has 23 heavy (non-hydrogen) atoms. The molecule has 2 amide bonds. The molecule has 0 aliphatic heterocycles. The van der Waals surface area contributed by atoms with E-state index in [0.717, 1.165) is 18.7 Å². The highest BCUT2D eigenvalue weighted by atomic mass is 16.2. The highest BCUT2D eigenvalue weighted by Crippen LogP contribution is 2.15. The zero-order valence-corrected chi connectivity index (χ0v) is 13.3. The third-order valence-electron chi connectivity index (χ3n) is 3.29. The lowest BCUT2D eigenvalue weighted by atomic mass is 10.2. The highest BCUT2D eigenvalue weighted by molar-refractivity contribution is 6.39. The fraction of sp³-hybridized carbons (Fsp3) is 0.312. The average molecular weight is 315 g/mol. The van der Waals surface area contributed by atoms with Gasteiger partial charge in [0.25, 0.3) is 0 Å². The molecule has 7 heteroatoms. The van der Waals surface area contributed by atoms with Gasteiger partial charge in [0.05, 0.1) is 6.33 Å². The smallest absolute Gasteiger partial charge is 0.313 e. The molecule has 0 aliphatic rings. The molecule has 0 saturated heterocycles. The Morgan fingerprint density at radius 1 is 1.17 bits per heavy atom. The van der Waals surface area contributed by atoms with Crippen molar-refractivity contribution in [3.05, 3.63) is 43.0 Å². The van der Waals surface area contributed by atoms with Gasteiger partial charge in [0.1, 0.15) is 0 Å². The fourth-order valence-corrected chi connectivity index (χ4v) is 1.99. The summed E-state index contributed by atoms with van der Waals surface area (Å²) in [6, 6.07) is 7.27. The van der Waals surface area contributed by atoms with Gasteiger partial charge in [-0.15, -0.1) is 0 Å². The number of hydrogen-bond acceptors (Lipinski definition) is 4. The number of aromatic nitrogens is 2. The monoisotopic (exact) mass is 315 g/mol. The van der Waals surface area contributed by atoms with E-state index in [0.29, 0.717) is 12.2 Å². The van der Waals surface area contributed by atoms with E-state index in [2.05, 4.69) is 15.6 Å². The molecular formula is C16H21N5O2. The van der Waals surface area contributed by atoms with E-state index in [-0.39, 0.29) is 0 Å². The molecule has 1 aromatic carbocycles. The molecule has 0 atom stereocenters. The topological polar surface area (TPSA) is 79.3 Å². The van der Waals surface area contributed by atoms with Crippen LogP contribution in [0.1, 0.15) is 6.42 Å². The van der Waals surface area contributed by atoms with Gasteiger partial charge in [-0.2, -0.15) is 0 Å². The van der Waals surface area contributed by atoms with Crippen molar-refractivity contribution in [1.82, 2.24) is 14.9 Å². The number of hydrogen-bond donors (Lipinski definition) is 2. The van der Waals surface area contributed by atoms with Crippen LogP contribution >= 0.6 is 0 Å². The SMILES string of the molecule is CN(C)c1ccc(NC(=O)C(=O)NCCCn2ccnc2)cc1. The molecule has 0 fully saturated rings. The van der Waals surface area contributed by atoms with Gasteiger partial charge in [-0.3, -0.25) is 9.59 Å². The standard InChI is InChI=1S/C16H21N5O2/c1-20(2)14-6-4-13(5-7-14)19-16(23)15(22)18-8-3-10-21-11-9-17-12-21/h4-7,9,11-12H,3,8,10H2,1-2H3,(H,18,22)(H,19,23). The maximum Gasteiger partial charge on any atom is 0.313 e. The first-order chi connectivity index (χ1) is 11.1. The summed E-state index contributed by atoms with van der Waals surface area (Å²) in [5, 5.41) is 5.18. The first-order valence-electron chi connectivity index (χ1n) is 7.38. The van der Waals surface area contributed by atoms with E-state index in [9.17, 15) is 9.59 Å². The molecule has 1 heterocycles. The molecule has 0 unspecified atom stereocenters. The Balaban J connectivity index is 1.72. The second-order valence-electron chi connectivity index (χ2n) is 5.31. The summed E-state index contributed by atoms with van der Waals surface area (Å²) in [5.41, 5.74) is 1.61. The van der Waals surface area contributed by atoms with Crippen molar-refractivity contribution in [1.29, 1.82) is 0 Å². The number of carbonyl (C=O) groups excluding carboxylic acids is 2. The summed E-state index contributed by atoms with van der Waals surface area (Å²) < 4.78 is 1.92. The van der Waals surface area contributed by atoms with Gasteiger partial charge >= 0.3 is 11.8 Å². The van der Waals surface area contributed by atoms with Gasteiger partial charge in [-0.05, 0) is 30.7 Å². The molecule has 0 bridgehead atoms. The van der Waals surface area contributed by atoms with Crippen LogP contribution in [-0.2, 0) is 16.1 Å². The van der Waals surface area contributed by atoms with Crippen LogP contribution in [0, 0.1) is 0 Å². The Morgan fingerprint density at radius 2 is 1.91 bits per heavy atom. The van der Waals surface area contributed by atoms with E-state index in [1.165, 1.54) is 0 Å². The molecule has 0 saturated carbocycles. The van der Waals surface area contributed by atoms with Crippen LogP contribution in [0.5, 0.6) is 0 Å². The summed E-state index contributed by atoms with van der Waals surface area (Å²) in [4.78, 5) is 29.4. The molecule has 2 rings (SSSR count). The molecule has 2 aromatic rings. The van der Waals surface area contributed by atoms with Crippen molar-refractivity contribution in [3.8, 4) is 0 Å². The number of nitrogens with zero attached hydrogens (tertiary/aromatic N) is 3. The Hall–Kier alpha value is -2.83. The number of benzene rings is 1. The van der Waals surface area contributed by atoms with Crippen LogP contribution in [0.15, 0.2) is 43.0 Å². The predicted octanol–water partition coefficient (Wildman–Crippen LogP) is 1.09. The van der Waals surface area contributed by atoms with E-state index >= 15 is 0 Å². The number of anilines is 2. The van der Waals surface area contributed by atoms with Gasteiger partial charge in [-0.1, -0.05) is 0 Å². The zero-order chi connectivity index (χ0) is 16.7. The minimum absolute atomic E-state index is 0.435. The number of nitrogens with one attached hydrogen (secondary N) is 2. The van der Waals surface area contributed by atoms with Crippen LogP contribution in [0.25, 0.3) is 0 Å². The third kappa shape index (κ3) is 5.14. The average Bonchev–Trinajstić information content (AvgIpc) is 3.05. The third-order valence-corrected chi connectivity index (χ3v) is 3.29. The van der Waals surface area contributed by atoms with Gasteiger partial charge < -0.3 is 20.1 Å². The van der Waals surface area contributed by atoms with Crippen molar-refractivity contribution in [2.24, 2.45) is 0 Å². The molecular weight excluding hydrogens is 294 g/mol. The summed E-state index contributed by atoms with van der Waals surface area (Å²) >= 11 is 0. The fourth-order valence-electron chi connectivity index (χ4n) is 1.99. The summed E-state index contributed by atoms with van der Waals surface area (Å²) in [6.45, 7) is 1.18. The van der Waals surface area contributed by atoms with E-state index in [1.54, 1.807) is 24.7 Å². The molecule has 0 radical (unpaired) electrons. The largest absolute Gasteiger partial charge is 0.378 e. The minimum Gasteiger partial charge on any atom is -0.378 e. The van der Waals surface area contributed by atoms with Crippen molar-refractivity contribution >= 4 is 23.2 Å². The Kier molecular flexibility index (Phi) is 5.74. The van der Waals surface area contributed by atoms with Crippen molar-refractivity contribution in [2.45, 2.75) is 13.0 Å². The summed E-state index contributed by atoms with van der Waals surface area (Å²) in [7, 11) is 3.87. The molecule has 0 aliphatic carbocycles. The number of carbonyl (C=O) groups is 2. The maximum absolute atomic E-state index is 11.8. The lowest BCUT2D eigenvalue weighted by molar-refractivity contribution is -0.136. The van der Waals surface area contributed by atoms with Gasteiger partial charge in [-0.25, -0.2) is 4.98 Å². The number of imidazole rings is 1. The maximum atomic E-state index is 11.8. The molecule has 122 valence electrons. The first kappa shape index (κ1) is 16.5. The van der Waals surface area contributed by atoms with Crippen LogP contribution in [-0.4, -0.2) is 42.0 Å². The second-order valence-corrected chi connectivity index (χ2v) is 5.31. The Labute approximate surface area is 135 Å². The lowest BCUT2D eigenvalue weighted by Gasteiger charge is -2.13. The van der Waals surface area contributed by atoms with E-state index in [1.807, 2.05) is 41.9 Å². The van der Waals surface area contributed by atoms with Crippen molar-refractivity contribution in [3.63, 3.8) is 0 Å². The summed E-state index contributed by atoms with van der Waals surface area (Å²) in [6.07, 6.45) is 6.00. The first-order valence-corrected chi connectivity index (χ1v) is 7.38. The van der Waals surface area contributed by atoms with Gasteiger partial charge in [0.2, 0.25) is 0 Å². The second kappa shape index (κ2) is 7.98. The predicted molar refractivity (Wildman–Crippen MR) is 89.3 cm³/mol. The van der Waals surface area contributed by atoms with Gasteiger partial charge in [0, 0.05) is 51.0 Å². The van der Waals surface area contributed by atoms with Crippen molar-refractivity contribution < 1.29 is 9.59 Å². The zero-order valence-electron chi connectivity index (χ0n) is 13.3. The van der Waals surface area contributed by atoms with Crippen LogP contribution in [0.2, 0.25) is 0 Å². The molecule has 7 nitrogen and oxygen atoms in total. The van der Waals surface area contributed by atoms with E-state index in [4.69, 9.17) is 0 Å².